The van der Waals surface area contributed by atoms with Crippen molar-refractivity contribution in [2.45, 2.75) is 38.7 Å². The van der Waals surface area contributed by atoms with E-state index in [2.05, 4.69) is 5.32 Å². The quantitative estimate of drug-likeness (QED) is 0.375. The Morgan fingerprint density at radius 2 is 1.83 bits per heavy atom. The number of halogens is 5. The van der Waals surface area contributed by atoms with Crippen LogP contribution in [0.3, 0.4) is 0 Å². The van der Waals surface area contributed by atoms with Crippen LogP contribution in [0.4, 0.5) is 17.6 Å². The summed E-state index contributed by atoms with van der Waals surface area (Å²) in [5, 5.41) is 2.65. The molecule has 1 N–H and O–H groups in total. The molecule has 2 amide bonds. The molecule has 2 atom stereocenters. The van der Waals surface area contributed by atoms with Crippen LogP contribution in [0.1, 0.15) is 29.3 Å². The van der Waals surface area contributed by atoms with Crippen LogP contribution in [-0.2, 0) is 22.7 Å². The lowest BCUT2D eigenvalue weighted by Gasteiger charge is -2.24. The summed E-state index contributed by atoms with van der Waals surface area (Å²) in [5.74, 6) is -3.60. The SMILES string of the molecule is C[C@H]1C[C@@H](C(=O)NCc2cccc(Cl)c2F)N(C(=O)Cn2cc(C(=O)C(F)(F)F)c3ccccc32)C1. The minimum absolute atomic E-state index is 0.00335. The zero-order chi connectivity index (χ0) is 26.2. The van der Waals surface area contributed by atoms with E-state index in [9.17, 15) is 31.9 Å². The number of likely N-dealkylation sites (tertiary alicyclic amines) is 1. The molecule has 11 heteroatoms. The fraction of sp³-hybridized carbons (Fsp3) is 0.320. The summed E-state index contributed by atoms with van der Waals surface area (Å²) in [6.45, 7) is 1.67. The summed E-state index contributed by atoms with van der Waals surface area (Å²) in [4.78, 5) is 39.4. The molecule has 2 heterocycles. The highest BCUT2D eigenvalue weighted by Gasteiger charge is 2.41. The normalized spacial score (nSPS) is 18.0. The molecule has 0 radical (unpaired) electrons. The highest BCUT2D eigenvalue weighted by atomic mass is 35.5. The summed E-state index contributed by atoms with van der Waals surface area (Å²) in [6, 6.07) is 9.61. The number of amides is 2. The molecule has 1 aliphatic heterocycles. The van der Waals surface area contributed by atoms with E-state index in [1.807, 2.05) is 6.92 Å². The van der Waals surface area contributed by atoms with E-state index in [0.29, 0.717) is 11.9 Å². The highest BCUT2D eigenvalue weighted by molar-refractivity contribution is 6.30. The first-order chi connectivity index (χ1) is 17.0. The van der Waals surface area contributed by atoms with Gasteiger partial charge in [-0.2, -0.15) is 13.2 Å². The second kappa shape index (κ2) is 9.93. The molecule has 190 valence electrons. The van der Waals surface area contributed by atoms with Crippen LogP contribution in [0.2, 0.25) is 5.02 Å². The van der Waals surface area contributed by atoms with Crippen molar-refractivity contribution in [2.24, 2.45) is 5.92 Å². The first-order valence-corrected chi connectivity index (χ1v) is 11.5. The van der Waals surface area contributed by atoms with Crippen molar-refractivity contribution in [3.8, 4) is 0 Å². The number of carbonyl (C=O) groups is 3. The molecule has 0 aliphatic carbocycles. The molecule has 36 heavy (non-hydrogen) atoms. The Bertz CT molecular complexity index is 1340. The Labute approximate surface area is 208 Å². The number of alkyl halides is 3. The van der Waals surface area contributed by atoms with Gasteiger partial charge in [0.2, 0.25) is 11.8 Å². The van der Waals surface area contributed by atoms with Gasteiger partial charge in [-0.05, 0) is 24.5 Å². The number of hydrogen-bond acceptors (Lipinski definition) is 3. The van der Waals surface area contributed by atoms with E-state index in [1.54, 1.807) is 12.1 Å². The first-order valence-electron chi connectivity index (χ1n) is 11.2. The summed E-state index contributed by atoms with van der Waals surface area (Å²) in [7, 11) is 0. The molecule has 0 spiro atoms. The van der Waals surface area contributed by atoms with Gasteiger partial charge in [-0.15, -0.1) is 0 Å². The van der Waals surface area contributed by atoms with Gasteiger partial charge in [0.1, 0.15) is 18.4 Å². The van der Waals surface area contributed by atoms with Gasteiger partial charge in [0.25, 0.3) is 5.78 Å². The second-order valence-corrected chi connectivity index (χ2v) is 9.26. The van der Waals surface area contributed by atoms with Gasteiger partial charge in [-0.25, -0.2) is 4.39 Å². The molecule has 3 aromatic rings. The molecule has 1 aliphatic rings. The van der Waals surface area contributed by atoms with E-state index >= 15 is 0 Å². The third-order valence-corrected chi connectivity index (χ3v) is 6.51. The molecule has 0 unspecified atom stereocenters. The van der Waals surface area contributed by atoms with Crippen molar-refractivity contribution in [1.82, 2.24) is 14.8 Å². The molecular weight excluding hydrogens is 502 g/mol. The highest BCUT2D eigenvalue weighted by Crippen LogP contribution is 2.30. The minimum atomic E-state index is -5.06. The largest absolute Gasteiger partial charge is 0.454 e. The lowest BCUT2D eigenvalue weighted by atomic mass is 10.1. The number of nitrogens with one attached hydrogen (secondary N) is 1. The fourth-order valence-electron chi connectivity index (χ4n) is 4.50. The van der Waals surface area contributed by atoms with Crippen LogP contribution in [-0.4, -0.2) is 45.8 Å². The number of fused-ring (bicyclic) bond motifs is 1. The topological polar surface area (TPSA) is 71.4 Å². The Morgan fingerprint density at radius 3 is 2.56 bits per heavy atom. The van der Waals surface area contributed by atoms with Crippen LogP contribution in [0.5, 0.6) is 0 Å². The molecule has 1 aromatic heterocycles. The van der Waals surface area contributed by atoms with E-state index in [4.69, 9.17) is 11.6 Å². The molecule has 2 aromatic carbocycles. The van der Waals surface area contributed by atoms with Crippen molar-refractivity contribution >= 4 is 40.1 Å². The molecule has 1 fully saturated rings. The number of rotatable bonds is 6. The molecule has 0 bridgehead atoms. The van der Waals surface area contributed by atoms with Gasteiger partial charge >= 0.3 is 6.18 Å². The number of para-hydroxylation sites is 1. The number of carbonyl (C=O) groups excluding carboxylic acids is 3. The average molecular weight is 524 g/mol. The van der Waals surface area contributed by atoms with Crippen LogP contribution in [0.25, 0.3) is 10.9 Å². The summed E-state index contributed by atoms with van der Waals surface area (Å²) in [6.07, 6.45) is -3.66. The zero-order valence-electron chi connectivity index (χ0n) is 19.1. The maximum Gasteiger partial charge on any atom is 0.454 e. The van der Waals surface area contributed by atoms with Crippen molar-refractivity contribution in [1.29, 1.82) is 0 Å². The summed E-state index contributed by atoms with van der Waals surface area (Å²) >= 11 is 5.78. The predicted octanol–water partition coefficient (Wildman–Crippen LogP) is 4.73. The van der Waals surface area contributed by atoms with Gasteiger partial charge in [-0.1, -0.05) is 48.9 Å². The number of ketones is 1. The van der Waals surface area contributed by atoms with Gasteiger partial charge in [-0.3, -0.25) is 14.4 Å². The average Bonchev–Trinajstić information content (AvgIpc) is 3.39. The van der Waals surface area contributed by atoms with Gasteiger partial charge in [0, 0.05) is 35.8 Å². The van der Waals surface area contributed by atoms with Gasteiger partial charge < -0.3 is 14.8 Å². The lowest BCUT2D eigenvalue weighted by Crippen LogP contribution is -2.46. The maximum absolute atomic E-state index is 14.2. The van der Waals surface area contributed by atoms with E-state index in [1.165, 1.54) is 39.8 Å². The standard InChI is InChI=1S/C25H22ClF4N3O3/c1-14-9-20(24(36)31-10-15-5-4-7-18(26)22(15)27)33(11-14)21(34)13-32-12-17(23(35)25(28,29)30)16-6-2-3-8-19(16)32/h2-8,12,14,20H,9-11,13H2,1H3,(H,31,36)/t14-,20-/m0/s1. The van der Waals surface area contributed by atoms with Crippen molar-refractivity contribution < 1.29 is 31.9 Å². The Hall–Kier alpha value is -3.40. The predicted molar refractivity (Wildman–Crippen MR) is 125 cm³/mol. The van der Waals surface area contributed by atoms with E-state index in [-0.39, 0.29) is 41.5 Å². The van der Waals surface area contributed by atoms with Gasteiger partial charge in [0.05, 0.1) is 10.6 Å². The smallest absolute Gasteiger partial charge is 0.350 e. The van der Waals surface area contributed by atoms with Crippen LogP contribution in [0, 0.1) is 11.7 Å². The van der Waals surface area contributed by atoms with Crippen molar-refractivity contribution in [3.63, 3.8) is 0 Å². The van der Waals surface area contributed by atoms with Crippen molar-refractivity contribution in [3.05, 3.63) is 70.6 Å². The summed E-state index contributed by atoms with van der Waals surface area (Å²) in [5.41, 5.74) is -0.0536. The van der Waals surface area contributed by atoms with Crippen LogP contribution >= 0.6 is 11.6 Å². The Kier molecular flexibility index (Phi) is 7.08. The lowest BCUT2D eigenvalue weighted by molar-refractivity contribution is -0.138. The third-order valence-electron chi connectivity index (χ3n) is 6.21. The molecule has 1 saturated heterocycles. The molecule has 4 rings (SSSR count). The number of Topliss-reactive ketones (excluding diaryl/α,β-unsaturated/α-hetero) is 1. The number of nitrogens with zero attached hydrogens (tertiary/aromatic N) is 2. The minimum Gasteiger partial charge on any atom is -0.350 e. The summed E-state index contributed by atoms with van der Waals surface area (Å²) < 4.78 is 54.7. The molecule has 6 nitrogen and oxygen atoms in total. The zero-order valence-corrected chi connectivity index (χ0v) is 19.9. The van der Waals surface area contributed by atoms with Crippen LogP contribution < -0.4 is 5.32 Å². The number of aromatic nitrogens is 1. The van der Waals surface area contributed by atoms with E-state index < -0.39 is 41.2 Å². The van der Waals surface area contributed by atoms with Crippen LogP contribution in [0.15, 0.2) is 48.7 Å². The number of benzene rings is 2. The maximum atomic E-state index is 14.2. The Morgan fingerprint density at radius 1 is 1.11 bits per heavy atom. The van der Waals surface area contributed by atoms with Crippen molar-refractivity contribution in [2.75, 3.05) is 6.54 Å². The van der Waals surface area contributed by atoms with E-state index in [0.717, 1.165) is 6.20 Å². The molecular formula is C25H22ClF4N3O3. The van der Waals surface area contributed by atoms with Gasteiger partial charge in [0.15, 0.2) is 0 Å². The second-order valence-electron chi connectivity index (χ2n) is 8.85. The molecule has 0 saturated carbocycles. The first kappa shape index (κ1) is 25.7. The Balaban J connectivity index is 1.53. The third kappa shape index (κ3) is 5.09. The fourth-order valence-corrected chi connectivity index (χ4v) is 4.70. The number of hydrogen-bond donors (Lipinski definition) is 1. The monoisotopic (exact) mass is 523 g/mol.